The molecule has 1 amide bonds. The molecule has 0 saturated carbocycles. The van der Waals surface area contributed by atoms with E-state index in [0.717, 1.165) is 5.56 Å². The van der Waals surface area contributed by atoms with Gasteiger partial charge in [0.1, 0.15) is 0 Å². The highest BCUT2D eigenvalue weighted by atomic mass is 32.2. The molecule has 18 heavy (non-hydrogen) atoms. The molecule has 98 valence electrons. The molecule has 1 saturated heterocycles. The third-order valence-electron chi connectivity index (χ3n) is 3.38. The number of thioether (sulfide) groups is 1. The molecular formula is C14H20N2OS. The van der Waals surface area contributed by atoms with Crippen LogP contribution >= 0.6 is 11.8 Å². The second kappa shape index (κ2) is 5.22. The molecular weight excluding hydrogens is 244 g/mol. The molecule has 3 nitrogen and oxygen atoms in total. The molecule has 0 aliphatic carbocycles. The third-order valence-corrected chi connectivity index (χ3v) is 4.91. The van der Waals surface area contributed by atoms with Crippen LogP contribution in [-0.2, 0) is 0 Å². The molecule has 4 heteroatoms. The van der Waals surface area contributed by atoms with Crippen molar-refractivity contribution >= 4 is 23.4 Å². The van der Waals surface area contributed by atoms with Crippen LogP contribution in [0.2, 0.25) is 0 Å². The van der Waals surface area contributed by atoms with Crippen molar-refractivity contribution in [2.75, 3.05) is 18.0 Å². The van der Waals surface area contributed by atoms with Crippen LogP contribution in [0.15, 0.2) is 18.2 Å². The molecule has 1 aromatic rings. The molecule has 0 spiro atoms. The summed E-state index contributed by atoms with van der Waals surface area (Å²) in [6.45, 7) is 4.89. The summed E-state index contributed by atoms with van der Waals surface area (Å²) >= 11 is 1.94. The molecule has 1 aliphatic heterocycles. The van der Waals surface area contributed by atoms with Crippen molar-refractivity contribution in [3.8, 4) is 0 Å². The van der Waals surface area contributed by atoms with Crippen molar-refractivity contribution in [1.82, 2.24) is 5.32 Å². The van der Waals surface area contributed by atoms with E-state index in [0.29, 0.717) is 17.8 Å². The summed E-state index contributed by atoms with van der Waals surface area (Å²) in [6, 6.07) is 5.55. The molecule has 1 aliphatic rings. The second-order valence-corrected chi connectivity index (χ2v) is 6.86. The van der Waals surface area contributed by atoms with Crippen LogP contribution in [-0.4, -0.2) is 23.0 Å². The van der Waals surface area contributed by atoms with Gasteiger partial charge in [-0.05, 0) is 44.6 Å². The van der Waals surface area contributed by atoms with Gasteiger partial charge in [-0.15, -0.1) is 0 Å². The van der Waals surface area contributed by atoms with E-state index in [1.807, 2.05) is 30.8 Å². The molecule has 0 radical (unpaired) electrons. The Morgan fingerprint density at radius 3 is 3.00 bits per heavy atom. The highest BCUT2D eigenvalue weighted by Gasteiger charge is 2.29. The Hall–Kier alpha value is -1.16. The van der Waals surface area contributed by atoms with Crippen molar-refractivity contribution in [2.45, 2.75) is 31.4 Å². The van der Waals surface area contributed by atoms with E-state index in [-0.39, 0.29) is 10.7 Å². The summed E-state index contributed by atoms with van der Waals surface area (Å²) < 4.78 is 0.189. The van der Waals surface area contributed by atoms with Gasteiger partial charge in [-0.1, -0.05) is 11.6 Å². The van der Waals surface area contributed by atoms with Crippen molar-refractivity contribution in [1.29, 1.82) is 0 Å². The highest BCUT2D eigenvalue weighted by Crippen LogP contribution is 2.37. The monoisotopic (exact) mass is 264 g/mol. The molecule has 1 heterocycles. The lowest BCUT2D eigenvalue weighted by molar-refractivity contribution is 0.0951. The van der Waals surface area contributed by atoms with Gasteiger partial charge in [0.2, 0.25) is 0 Å². The number of nitrogen functional groups attached to an aromatic ring is 1. The first-order chi connectivity index (χ1) is 8.50. The number of benzene rings is 1. The number of carbonyl (C=O) groups excluding carboxylic acids is 1. The molecule has 1 aromatic carbocycles. The fourth-order valence-corrected chi connectivity index (χ4v) is 3.45. The van der Waals surface area contributed by atoms with Gasteiger partial charge in [-0.25, -0.2) is 0 Å². The minimum Gasteiger partial charge on any atom is -0.398 e. The number of anilines is 1. The summed E-state index contributed by atoms with van der Waals surface area (Å²) in [5, 5.41) is 3.01. The summed E-state index contributed by atoms with van der Waals surface area (Å²) in [7, 11) is 0. The summed E-state index contributed by atoms with van der Waals surface area (Å²) in [4.78, 5) is 12.1. The Morgan fingerprint density at radius 1 is 1.56 bits per heavy atom. The second-order valence-electron chi connectivity index (χ2n) is 5.18. The minimum absolute atomic E-state index is 0.0649. The summed E-state index contributed by atoms with van der Waals surface area (Å²) in [6.07, 6.45) is 2.41. The first-order valence-corrected chi connectivity index (χ1v) is 7.27. The van der Waals surface area contributed by atoms with E-state index < -0.39 is 0 Å². The van der Waals surface area contributed by atoms with Crippen molar-refractivity contribution < 1.29 is 4.79 Å². The maximum Gasteiger partial charge on any atom is 0.253 e. The average Bonchev–Trinajstić information content (AvgIpc) is 2.77. The Labute approximate surface area is 113 Å². The zero-order chi connectivity index (χ0) is 13.2. The molecule has 1 atom stereocenters. The quantitative estimate of drug-likeness (QED) is 0.825. The van der Waals surface area contributed by atoms with Gasteiger partial charge < -0.3 is 11.1 Å². The van der Waals surface area contributed by atoms with Crippen molar-refractivity contribution in [3.05, 3.63) is 29.3 Å². The van der Waals surface area contributed by atoms with E-state index >= 15 is 0 Å². The topological polar surface area (TPSA) is 55.1 Å². The lowest BCUT2D eigenvalue weighted by Gasteiger charge is -2.23. The number of hydrogen-bond donors (Lipinski definition) is 2. The minimum atomic E-state index is -0.0649. The Morgan fingerprint density at radius 2 is 2.33 bits per heavy atom. The molecule has 1 unspecified atom stereocenters. The van der Waals surface area contributed by atoms with Crippen LogP contribution in [0.5, 0.6) is 0 Å². The predicted molar refractivity (Wildman–Crippen MR) is 78.0 cm³/mol. The Balaban J connectivity index is 2.01. The highest BCUT2D eigenvalue weighted by molar-refractivity contribution is 8.00. The van der Waals surface area contributed by atoms with E-state index in [1.165, 1.54) is 18.6 Å². The maximum atomic E-state index is 12.1. The largest absolute Gasteiger partial charge is 0.398 e. The van der Waals surface area contributed by atoms with Gasteiger partial charge in [0.25, 0.3) is 5.91 Å². The fraction of sp³-hybridized carbons (Fsp3) is 0.500. The molecule has 3 N–H and O–H groups in total. The lowest BCUT2D eigenvalue weighted by atomic mass is 10.0. The SMILES string of the molecule is Cc1ccc(N)c(C(=O)NCC2(C)CCCS2)c1. The molecule has 0 aromatic heterocycles. The standard InChI is InChI=1S/C14H20N2OS/c1-10-4-5-12(15)11(8-10)13(17)16-9-14(2)6-3-7-18-14/h4-5,8H,3,6-7,9,15H2,1-2H3,(H,16,17). The van der Waals surface area contributed by atoms with Gasteiger partial charge in [-0.3, -0.25) is 4.79 Å². The van der Waals surface area contributed by atoms with Gasteiger partial charge >= 0.3 is 0 Å². The van der Waals surface area contributed by atoms with E-state index in [4.69, 9.17) is 5.73 Å². The van der Waals surface area contributed by atoms with Gasteiger partial charge in [0.15, 0.2) is 0 Å². The van der Waals surface area contributed by atoms with Crippen LogP contribution < -0.4 is 11.1 Å². The first-order valence-electron chi connectivity index (χ1n) is 6.28. The van der Waals surface area contributed by atoms with Gasteiger partial charge in [0.05, 0.1) is 5.56 Å². The molecule has 0 bridgehead atoms. The Bertz CT molecular complexity index is 453. The summed E-state index contributed by atoms with van der Waals surface area (Å²) in [5.41, 5.74) is 8.02. The lowest BCUT2D eigenvalue weighted by Crippen LogP contribution is -2.37. The average molecular weight is 264 g/mol. The van der Waals surface area contributed by atoms with Crippen LogP contribution in [0.1, 0.15) is 35.7 Å². The maximum absolute atomic E-state index is 12.1. The predicted octanol–water partition coefficient (Wildman–Crippen LogP) is 2.59. The number of hydrogen-bond acceptors (Lipinski definition) is 3. The molecule has 2 rings (SSSR count). The van der Waals surface area contributed by atoms with Crippen LogP contribution in [0.25, 0.3) is 0 Å². The number of aryl methyl sites for hydroxylation is 1. The number of rotatable bonds is 3. The van der Waals surface area contributed by atoms with E-state index in [2.05, 4.69) is 12.2 Å². The fourth-order valence-electron chi connectivity index (χ4n) is 2.21. The number of amides is 1. The van der Waals surface area contributed by atoms with Gasteiger partial charge in [-0.2, -0.15) is 11.8 Å². The van der Waals surface area contributed by atoms with Crippen LogP contribution in [0.4, 0.5) is 5.69 Å². The summed E-state index contributed by atoms with van der Waals surface area (Å²) in [5.74, 6) is 1.13. The smallest absolute Gasteiger partial charge is 0.253 e. The van der Waals surface area contributed by atoms with Crippen LogP contribution in [0, 0.1) is 6.92 Å². The number of nitrogens with two attached hydrogens (primary N) is 1. The van der Waals surface area contributed by atoms with E-state index in [9.17, 15) is 4.79 Å². The van der Waals surface area contributed by atoms with Crippen LogP contribution in [0.3, 0.4) is 0 Å². The number of carbonyl (C=O) groups is 1. The first kappa shape index (κ1) is 13.3. The van der Waals surface area contributed by atoms with Crippen molar-refractivity contribution in [3.63, 3.8) is 0 Å². The van der Waals surface area contributed by atoms with E-state index in [1.54, 1.807) is 6.07 Å². The zero-order valence-electron chi connectivity index (χ0n) is 11.0. The molecule has 1 fully saturated rings. The van der Waals surface area contributed by atoms with Crippen molar-refractivity contribution in [2.24, 2.45) is 0 Å². The Kier molecular flexibility index (Phi) is 3.85. The van der Waals surface area contributed by atoms with Gasteiger partial charge in [0, 0.05) is 17.0 Å². The normalized spacial score (nSPS) is 23.0. The zero-order valence-corrected chi connectivity index (χ0v) is 11.8. The number of nitrogens with one attached hydrogen (secondary N) is 1. The third kappa shape index (κ3) is 2.99.